The van der Waals surface area contributed by atoms with Crippen LogP contribution < -0.4 is 9.80 Å². The number of nitrogens with zero attached hydrogens (tertiary/aromatic N) is 3. The van der Waals surface area contributed by atoms with Crippen molar-refractivity contribution in [3.05, 3.63) is 24.3 Å². The fourth-order valence-electron chi connectivity index (χ4n) is 4.77. The Morgan fingerprint density at radius 2 is 1.96 bits per heavy atom. The van der Waals surface area contributed by atoms with Crippen LogP contribution in [-0.4, -0.2) is 76.0 Å². The average Bonchev–Trinajstić information content (AvgIpc) is 3.18. The third-order valence-corrected chi connectivity index (χ3v) is 6.38. The molecular weight excluding hydrogens is 354 g/mol. The van der Waals surface area contributed by atoms with Crippen molar-refractivity contribution >= 4 is 17.3 Å². The van der Waals surface area contributed by atoms with Gasteiger partial charge in [0.05, 0.1) is 12.7 Å². The Balaban J connectivity index is 1.32. The second-order valence-corrected chi connectivity index (χ2v) is 8.16. The monoisotopic (exact) mass is 387 g/mol. The highest BCUT2D eigenvalue weighted by molar-refractivity contribution is 5.95. The van der Waals surface area contributed by atoms with Crippen molar-refractivity contribution in [3.63, 3.8) is 0 Å². The van der Waals surface area contributed by atoms with Crippen molar-refractivity contribution in [1.29, 1.82) is 0 Å². The maximum absolute atomic E-state index is 12.1. The van der Waals surface area contributed by atoms with Crippen LogP contribution in [0.25, 0.3) is 0 Å². The van der Waals surface area contributed by atoms with E-state index in [4.69, 9.17) is 9.47 Å². The summed E-state index contributed by atoms with van der Waals surface area (Å²) in [6, 6.07) is 9.17. The highest BCUT2D eigenvalue weighted by Crippen LogP contribution is 2.29. The number of benzene rings is 1. The Morgan fingerprint density at radius 3 is 2.71 bits per heavy atom. The highest BCUT2D eigenvalue weighted by atomic mass is 16.5. The quantitative estimate of drug-likeness (QED) is 0.751. The Bertz CT molecular complexity index is 660. The number of piperidine rings is 1. The minimum Gasteiger partial charge on any atom is -0.385 e. The van der Waals surface area contributed by atoms with Crippen molar-refractivity contribution < 1.29 is 14.3 Å². The molecule has 1 atom stereocenters. The number of ether oxygens (including phenoxy) is 2. The molecule has 3 saturated heterocycles. The number of methoxy groups -OCH3 is 1. The minimum atomic E-state index is 0.256. The summed E-state index contributed by atoms with van der Waals surface area (Å²) in [7, 11) is 1.75. The van der Waals surface area contributed by atoms with Gasteiger partial charge in [-0.3, -0.25) is 9.69 Å². The first kappa shape index (κ1) is 19.7. The van der Waals surface area contributed by atoms with Crippen LogP contribution in [0.2, 0.25) is 0 Å². The largest absolute Gasteiger partial charge is 0.385 e. The second-order valence-electron chi connectivity index (χ2n) is 8.16. The summed E-state index contributed by atoms with van der Waals surface area (Å²) < 4.78 is 11.1. The number of anilines is 2. The normalized spacial score (nSPS) is 24.9. The van der Waals surface area contributed by atoms with Gasteiger partial charge in [-0.2, -0.15) is 0 Å². The Labute approximate surface area is 168 Å². The van der Waals surface area contributed by atoms with Gasteiger partial charge >= 0.3 is 0 Å². The van der Waals surface area contributed by atoms with Gasteiger partial charge in [0.15, 0.2) is 0 Å². The molecule has 1 aromatic carbocycles. The molecule has 0 bridgehead atoms. The van der Waals surface area contributed by atoms with E-state index in [9.17, 15) is 4.79 Å². The van der Waals surface area contributed by atoms with E-state index in [1.807, 2.05) is 4.90 Å². The molecule has 1 aromatic rings. The number of hydrogen-bond donors (Lipinski definition) is 0. The number of carbonyl (C=O) groups is 1. The first-order valence-corrected chi connectivity index (χ1v) is 10.7. The van der Waals surface area contributed by atoms with E-state index in [1.54, 1.807) is 7.11 Å². The lowest BCUT2D eigenvalue weighted by molar-refractivity contribution is -0.117. The standard InChI is InChI=1S/C22H33N3O3/c1-27-14-9-21-17-24(13-15-28-21)18-7-11-23(12-8-18)19-4-2-5-20(16-19)25-10-3-6-22(25)26/h2,4-5,16,18,21H,3,6-15,17H2,1H3. The molecular formula is C22H33N3O3. The molecule has 154 valence electrons. The first-order chi connectivity index (χ1) is 13.7. The molecule has 0 aliphatic carbocycles. The minimum absolute atomic E-state index is 0.256. The predicted molar refractivity (Wildman–Crippen MR) is 111 cm³/mol. The van der Waals surface area contributed by atoms with E-state index in [0.717, 1.165) is 64.5 Å². The predicted octanol–water partition coefficient (Wildman–Crippen LogP) is 2.52. The number of hydrogen-bond acceptors (Lipinski definition) is 5. The molecule has 3 heterocycles. The van der Waals surface area contributed by atoms with Crippen LogP contribution in [0.5, 0.6) is 0 Å². The smallest absolute Gasteiger partial charge is 0.227 e. The number of morpholine rings is 1. The molecule has 3 aliphatic heterocycles. The van der Waals surface area contributed by atoms with Gasteiger partial charge in [0.1, 0.15) is 0 Å². The maximum atomic E-state index is 12.1. The Kier molecular flexibility index (Phi) is 6.50. The summed E-state index contributed by atoms with van der Waals surface area (Å²) >= 11 is 0. The van der Waals surface area contributed by atoms with Crippen molar-refractivity contribution in [2.45, 2.75) is 44.2 Å². The molecule has 3 aliphatic rings. The van der Waals surface area contributed by atoms with E-state index in [0.29, 0.717) is 18.6 Å². The molecule has 1 amide bonds. The number of carbonyl (C=O) groups excluding carboxylic acids is 1. The lowest BCUT2D eigenvalue weighted by Gasteiger charge is -2.43. The van der Waals surface area contributed by atoms with E-state index in [-0.39, 0.29) is 5.91 Å². The zero-order chi connectivity index (χ0) is 19.3. The van der Waals surface area contributed by atoms with Crippen molar-refractivity contribution in [2.75, 3.05) is 62.8 Å². The molecule has 0 spiro atoms. The molecule has 0 N–H and O–H groups in total. The van der Waals surface area contributed by atoms with Crippen LogP contribution in [0.15, 0.2) is 24.3 Å². The summed E-state index contributed by atoms with van der Waals surface area (Å²) in [5.41, 5.74) is 2.30. The van der Waals surface area contributed by atoms with Gasteiger partial charge in [-0.25, -0.2) is 0 Å². The molecule has 6 nitrogen and oxygen atoms in total. The zero-order valence-corrected chi connectivity index (χ0v) is 17.0. The second kappa shape index (κ2) is 9.25. The number of amides is 1. The average molecular weight is 388 g/mol. The molecule has 0 radical (unpaired) electrons. The molecule has 28 heavy (non-hydrogen) atoms. The van der Waals surface area contributed by atoms with Crippen LogP contribution in [-0.2, 0) is 14.3 Å². The van der Waals surface area contributed by atoms with Crippen molar-refractivity contribution in [2.24, 2.45) is 0 Å². The SMILES string of the molecule is COCCC1CN(C2CCN(c3cccc(N4CCCC4=O)c3)CC2)CCO1. The van der Waals surface area contributed by atoms with Gasteiger partial charge in [-0.1, -0.05) is 6.07 Å². The highest BCUT2D eigenvalue weighted by Gasteiger charge is 2.29. The molecule has 0 aromatic heterocycles. The Morgan fingerprint density at radius 1 is 1.14 bits per heavy atom. The first-order valence-electron chi connectivity index (χ1n) is 10.7. The molecule has 0 saturated carbocycles. The fraction of sp³-hybridized carbons (Fsp3) is 0.682. The van der Waals surface area contributed by atoms with E-state index >= 15 is 0 Å². The van der Waals surface area contributed by atoms with Crippen molar-refractivity contribution in [3.8, 4) is 0 Å². The zero-order valence-electron chi connectivity index (χ0n) is 17.0. The maximum Gasteiger partial charge on any atom is 0.227 e. The Hall–Kier alpha value is -1.63. The molecule has 4 rings (SSSR count). The fourth-order valence-corrected chi connectivity index (χ4v) is 4.77. The summed E-state index contributed by atoms with van der Waals surface area (Å²) in [6.45, 7) is 6.67. The van der Waals surface area contributed by atoms with Gasteiger partial charge in [0.2, 0.25) is 5.91 Å². The molecule has 6 heteroatoms. The topological polar surface area (TPSA) is 45.2 Å². The van der Waals surface area contributed by atoms with Crippen molar-refractivity contribution in [1.82, 2.24) is 4.90 Å². The van der Waals surface area contributed by atoms with E-state index in [1.165, 1.54) is 18.5 Å². The summed E-state index contributed by atoms with van der Waals surface area (Å²) in [5.74, 6) is 0.256. The number of rotatable bonds is 6. The van der Waals surface area contributed by atoms with E-state index < -0.39 is 0 Å². The van der Waals surface area contributed by atoms with Crippen LogP contribution in [0.4, 0.5) is 11.4 Å². The summed E-state index contributed by atoms with van der Waals surface area (Å²) in [5, 5.41) is 0. The summed E-state index contributed by atoms with van der Waals surface area (Å²) in [6.07, 6.45) is 5.31. The van der Waals surface area contributed by atoms with Crippen LogP contribution >= 0.6 is 0 Å². The van der Waals surface area contributed by atoms with Gasteiger partial charge in [0.25, 0.3) is 0 Å². The third-order valence-electron chi connectivity index (χ3n) is 6.38. The van der Waals surface area contributed by atoms with Gasteiger partial charge in [-0.05, 0) is 43.9 Å². The van der Waals surface area contributed by atoms with Crippen LogP contribution in [0.3, 0.4) is 0 Å². The van der Waals surface area contributed by atoms with Crippen LogP contribution in [0, 0.1) is 0 Å². The van der Waals surface area contributed by atoms with Gasteiger partial charge in [0, 0.05) is 70.3 Å². The van der Waals surface area contributed by atoms with Gasteiger partial charge < -0.3 is 19.3 Å². The van der Waals surface area contributed by atoms with Crippen LogP contribution in [0.1, 0.15) is 32.1 Å². The van der Waals surface area contributed by atoms with Gasteiger partial charge in [-0.15, -0.1) is 0 Å². The summed E-state index contributed by atoms with van der Waals surface area (Å²) in [4.78, 5) is 19.1. The molecule has 3 fully saturated rings. The lowest BCUT2D eigenvalue weighted by atomic mass is 10.0. The molecule has 1 unspecified atom stereocenters. The third kappa shape index (κ3) is 4.50. The lowest BCUT2D eigenvalue weighted by Crippen LogP contribution is -2.51. The van der Waals surface area contributed by atoms with E-state index in [2.05, 4.69) is 34.1 Å².